The van der Waals surface area contributed by atoms with Crippen LogP contribution in [0.25, 0.3) is 54.3 Å². The van der Waals surface area contributed by atoms with Gasteiger partial charge < -0.3 is 4.74 Å². The van der Waals surface area contributed by atoms with Crippen molar-refractivity contribution in [2.45, 2.75) is 13.8 Å². The molecule has 0 aliphatic carbocycles. The lowest BCUT2D eigenvalue weighted by Crippen LogP contribution is -2.00. The predicted molar refractivity (Wildman–Crippen MR) is 129 cm³/mol. The van der Waals surface area contributed by atoms with Crippen molar-refractivity contribution in [3.63, 3.8) is 0 Å². The maximum absolute atomic E-state index is 6.54. The Morgan fingerprint density at radius 3 is 2.29 bits per heavy atom. The van der Waals surface area contributed by atoms with Crippen LogP contribution in [0.3, 0.4) is 0 Å². The van der Waals surface area contributed by atoms with Crippen LogP contribution in [0.5, 0.6) is 11.5 Å². The van der Waals surface area contributed by atoms with Crippen LogP contribution in [0.4, 0.5) is 0 Å². The summed E-state index contributed by atoms with van der Waals surface area (Å²) in [6.45, 7) is 4.35. The first-order valence-electron chi connectivity index (χ1n) is 10.6. The van der Waals surface area contributed by atoms with Gasteiger partial charge in [0.15, 0.2) is 0 Å². The SMILES string of the molecule is Cc1cc(C)c2ccc3c4ccnc5c4c(cc3c2c1)Oc1cc2ccccc2cc1-5. The number of rotatable bonds is 0. The van der Waals surface area contributed by atoms with Crippen LogP contribution in [0.1, 0.15) is 11.1 Å². The van der Waals surface area contributed by atoms with Gasteiger partial charge in [-0.1, -0.05) is 54.1 Å². The first-order chi connectivity index (χ1) is 15.2. The summed E-state index contributed by atoms with van der Waals surface area (Å²) in [7, 11) is 0. The average Bonchev–Trinajstić information content (AvgIpc) is 2.78. The van der Waals surface area contributed by atoms with Crippen molar-refractivity contribution < 1.29 is 4.74 Å². The van der Waals surface area contributed by atoms with Gasteiger partial charge in [-0.2, -0.15) is 0 Å². The van der Waals surface area contributed by atoms with E-state index in [1.165, 1.54) is 48.8 Å². The molecule has 146 valence electrons. The van der Waals surface area contributed by atoms with Gasteiger partial charge in [0.2, 0.25) is 0 Å². The minimum atomic E-state index is 0.873. The Hall–Kier alpha value is -3.91. The van der Waals surface area contributed by atoms with Gasteiger partial charge in [0.25, 0.3) is 0 Å². The smallest absolute Gasteiger partial charge is 0.138 e. The molecule has 5 aromatic carbocycles. The summed E-state index contributed by atoms with van der Waals surface area (Å²) in [5.41, 5.74) is 4.64. The molecule has 6 aromatic rings. The molecule has 0 atom stereocenters. The molecule has 0 saturated heterocycles. The molecule has 0 bridgehead atoms. The zero-order chi connectivity index (χ0) is 20.7. The Kier molecular flexibility index (Phi) is 3.17. The van der Waals surface area contributed by atoms with Crippen LogP contribution in [0.15, 0.2) is 79.0 Å². The number of nitrogens with zero attached hydrogens (tertiary/aromatic N) is 1. The van der Waals surface area contributed by atoms with Crippen molar-refractivity contribution in [2.24, 2.45) is 0 Å². The fourth-order valence-corrected chi connectivity index (χ4v) is 5.25. The van der Waals surface area contributed by atoms with Crippen LogP contribution in [0, 0.1) is 13.8 Å². The highest BCUT2D eigenvalue weighted by atomic mass is 16.5. The highest BCUT2D eigenvalue weighted by Gasteiger charge is 2.23. The second kappa shape index (κ2) is 5.83. The molecule has 0 radical (unpaired) electrons. The standard InChI is InChI=1S/C29H19NO/c1-16-11-17(2)20-7-8-21-22-9-10-30-29-25-13-18-5-3-4-6-19(18)14-26(25)31-27(28(22)29)15-24(21)23(20)12-16/h3-15H,1-2H3. The van der Waals surface area contributed by atoms with Crippen LogP contribution in [0.2, 0.25) is 0 Å². The number of ether oxygens (including phenoxy) is 1. The van der Waals surface area contributed by atoms with Crippen molar-refractivity contribution in [3.8, 4) is 22.8 Å². The van der Waals surface area contributed by atoms with Crippen molar-refractivity contribution in [3.05, 3.63) is 90.1 Å². The zero-order valence-electron chi connectivity index (χ0n) is 17.4. The van der Waals surface area contributed by atoms with E-state index in [4.69, 9.17) is 9.72 Å². The largest absolute Gasteiger partial charge is 0.456 e. The molecule has 0 amide bonds. The van der Waals surface area contributed by atoms with E-state index in [0.29, 0.717) is 0 Å². The molecule has 2 nitrogen and oxygen atoms in total. The summed E-state index contributed by atoms with van der Waals surface area (Å²) < 4.78 is 6.54. The summed E-state index contributed by atoms with van der Waals surface area (Å²) in [4.78, 5) is 4.80. The lowest BCUT2D eigenvalue weighted by atomic mass is 9.91. The molecule has 7 rings (SSSR count). The second-order valence-electron chi connectivity index (χ2n) is 8.59. The molecule has 0 saturated carbocycles. The Bertz CT molecular complexity index is 1730. The molecule has 0 spiro atoms. The van der Waals surface area contributed by atoms with E-state index in [-0.39, 0.29) is 0 Å². The number of hydrogen-bond donors (Lipinski definition) is 0. The molecular formula is C29H19NO. The first-order valence-corrected chi connectivity index (χ1v) is 10.6. The molecule has 2 heterocycles. The van der Waals surface area contributed by atoms with E-state index in [1.54, 1.807) is 0 Å². The molecule has 31 heavy (non-hydrogen) atoms. The zero-order valence-corrected chi connectivity index (χ0v) is 17.4. The Balaban J connectivity index is 1.65. The predicted octanol–water partition coefficient (Wildman–Crippen LogP) is 8.08. The van der Waals surface area contributed by atoms with Crippen LogP contribution in [-0.4, -0.2) is 4.98 Å². The van der Waals surface area contributed by atoms with E-state index in [0.717, 1.165) is 28.1 Å². The molecule has 0 unspecified atom stereocenters. The number of pyridine rings is 1. The van der Waals surface area contributed by atoms with Crippen molar-refractivity contribution in [1.29, 1.82) is 0 Å². The first kappa shape index (κ1) is 16.8. The number of aromatic nitrogens is 1. The molecule has 1 aromatic heterocycles. The van der Waals surface area contributed by atoms with E-state index in [2.05, 4.69) is 86.6 Å². The summed E-state index contributed by atoms with van der Waals surface area (Å²) in [5, 5.41) is 9.71. The third-order valence-corrected chi connectivity index (χ3v) is 6.61. The van der Waals surface area contributed by atoms with Crippen LogP contribution >= 0.6 is 0 Å². The van der Waals surface area contributed by atoms with Crippen molar-refractivity contribution in [2.75, 3.05) is 0 Å². The minimum Gasteiger partial charge on any atom is -0.456 e. The minimum absolute atomic E-state index is 0.873. The second-order valence-corrected chi connectivity index (χ2v) is 8.59. The van der Waals surface area contributed by atoms with Crippen LogP contribution in [-0.2, 0) is 0 Å². The summed E-state index contributed by atoms with van der Waals surface area (Å²) in [5.74, 6) is 1.76. The van der Waals surface area contributed by atoms with Crippen LogP contribution < -0.4 is 4.74 Å². The molecule has 0 fully saturated rings. The molecule has 2 heteroatoms. The van der Waals surface area contributed by atoms with E-state index in [1.807, 2.05) is 6.20 Å². The van der Waals surface area contributed by atoms with Gasteiger partial charge in [0.05, 0.1) is 11.1 Å². The Morgan fingerprint density at radius 2 is 1.42 bits per heavy atom. The summed E-state index contributed by atoms with van der Waals surface area (Å²) in [6, 6.07) is 26.1. The molecule has 1 aliphatic heterocycles. The van der Waals surface area contributed by atoms with Gasteiger partial charge in [-0.3, -0.25) is 4.98 Å². The van der Waals surface area contributed by atoms with Crippen molar-refractivity contribution >= 4 is 43.1 Å². The summed E-state index contributed by atoms with van der Waals surface area (Å²) >= 11 is 0. The average molecular weight is 397 g/mol. The normalized spacial score (nSPS) is 12.5. The summed E-state index contributed by atoms with van der Waals surface area (Å²) in [6.07, 6.45) is 1.93. The third kappa shape index (κ3) is 2.25. The molecule has 1 aliphatic rings. The fraction of sp³-hybridized carbons (Fsp3) is 0.0690. The maximum Gasteiger partial charge on any atom is 0.138 e. The lowest BCUT2D eigenvalue weighted by Gasteiger charge is -2.22. The highest BCUT2D eigenvalue weighted by Crippen LogP contribution is 2.49. The topological polar surface area (TPSA) is 22.1 Å². The van der Waals surface area contributed by atoms with Gasteiger partial charge in [-0.25, -0.2) is 0 Å². The number of aryl methyl sites for hydroxylation is 2. The van der Waals surface area contributed by atoms with Gasteiger partial charge in [-0.15, -0.1) is 0 Å². The van der Waals surface area contributed by atoms with Gasteiger partial charge in [-0.05, 0) is 81.4 Å². The van der Waals surface area contributed by atoms with E-state index >= 15 is 0 Å². The Labute approximate surface area is 179 Å². The fourth-order valence-electron chi connectivity index (χ4n) is 5.25. The molecule has 0 N–H and O–H groups in total. The van der Waals surface area contributed by atoms with E-state index < -0.39 is 0 Å². The molecular weight excluding hydrogens is 378 g/mol. The quantitative estimate of drug-likeness (QED) is 0.241. The van der Waals surface area contributed by atoms with Crippen molar-refractivity contribution in [1.82, 2.24) is 4.98 Å². The number of hydrogen-bond acceptors (Lipinski definition) is 2. The third-order valence-electron chi connectivity index (χ3n) is 6.61. The number of benzene rings is 5. The monoisotopic (exact) mass is 397 g/mol. The van der Waals surface area contributed by atoms with E-state index in [9.17, 15) is 0 Å². The highest BCUT2D eigenvalue weighted by molar-refractivity contribution is 6.22. The van der Waals surface area contributed by atoms with Gasteiger partial charge in [0.1, 0.15) is 11.5 Å². The van der Waals surface area contributed by atoms with Gasteiger partial charge in [0, 0.05) is 11.8 Å². The Morgan fingerprint density at radius 1 is 0.645 bits per heavy atom. The number of fused-ring (bicyclic) bond motifs is 7. The lowest BCUT2D eigenvalue weighted by molar-refractivity contribution is 0.488. The van der Waals surface area contributed by atoms with Gasteiger partial charge >= 0.3 is 0 Å². The maximum atomic E-state index is 6.54.